The number of carbonyl (C=O) groups is 3. The molecule has 1 fully saturated rings. The van der Waals surface area contributed by atoms with Gasteiger partial charge >= 0.3 is 6.18 Å². The largest absolute Gasteiger partial charge is 0.416 e. The minimum absolute atomic E-state index is 0. The Kier molecular flexibility index (Phi) is 12.7. The smallest absolute Gasteiger partial charge is 0.408 e. The molecule has 1 aromatic heterocycles. The van der Waals surface area contributed by atoms with Crippen molar-refractivity contribution < 1.29 is 32.0 Å². The number of ketones is 1. The molecule has 2 amide bonds. The van der Waals surface area contributed by atoms with E-state index in [-0.39, 0.29) is 41.4 Å². The fourth-order valence-electron chi connectivity index (χ4n) is 4.52. The fraction of sp³-hybridized carbons (Fsp3) is 0.593. The van der Waals surface area contributed by atoms with Crippen LogP contribution in [-0.2, 0) is 11.0 Å². The zero-order chi connectivity index (χ0) is 29.5. The van der Waals surface area contributed by atoms with Gasteiger partial charge in [0, 0.05) is 17.9 Å². The van der Waals surface area contributed by atoms with Gasteiger partial charge in [0.15, 0.2) is 0 Å². The molecule has 228 valence electrons. The van der Waals surface area contributed by atoms with Crippen molar-refractivity contribution in [3.05, 3.63) is 41.3 Å². The van der Waals surface area contributed by atoms with Gasteiger partial charge in [-0.1, -0.05) is 50.9 Å². The van der Waals surface area contributed by atoms with Crippen LogP contribution in [0.4, 0.5) is 13.2 Å². The highest BCUT2D eigenvalue weighted by Crippen LogP contribution is 2.32. The van der Waals surface area contributed by atoms with Gasteiger partial charge in [-0.3, -0.25) is 14.4 Å². The number of nitrogens with zero attached hydrogens (tertiary/aromatic N) is 3. The van der Waals surface area contributed by atoms with Crippen LogP contribution >= 0.6 is 24.2 Å². The van der Waals surface area contributed by atoms with Crippen LogP contribution in [0.25, 0.3) is 0 Å². The summed E-state index contributed by atoms with van der Waals surface area (Å²) in [6.07, 6.45) is -1.63. The molecule has 0 spiro atoms. The molecule has 1 unspecified atom stereocenters. The van der Waals surface area contributed by atoms with Crippen LogP contribution in [0, 0.1) is 5.92 Å². The molecule has 2 N–H and O–H groups in total. The van der Waals surface area contributed by atoms with Crippen LogP contribution in [0.1, 0.15) is 79.0 Å². The average Bonchev–Trinajstić information content (AvgIpc) is 3.36. The second-order valence-electron chi connectivity index (χ2n) is 10.7. The van der Waals surface area contributed by atoms with E-state index in [9.17, 15) is 27.6 Å². The minimum atomic E-state index is -4.61. The molecule has 1 aliphatic carbocycles. The summed E-state index contributed by atoms with van der Waals surface area (Å²) in [7, 11) is 3.87. The first-order valence-electron chi connectivity index (χ1n) is 13.3. The van der Waals surface area contributed by atoms with Gasteiger partial charge in [-0.15, -0.1) is 22.6 Å². The lowest BCUT2D eigenvalue weighted by Crippen LogP contribution is -2.62. The van der Waals surface area contributed by atoms with Gasteiger partial charge in [-0.25, -0.2) is 0 Å². The maximum atomic E-state index is 13.7. The fourth-order valence-corrected chi connectivity index (χ4v) is 5.39. The predicted molar refractivity (Wildman–Crippen MR) is 151 cm³/mol. The summed E-state index contributed by atoms with van der Waals surface area (Å²) in [5.74, 6) is -1.40. The van der Waals surface area contributed by atoms with Gasteiger partial charge in [0.1, 0.15) is 5.54 Å². The summed E-state index contributed by atoms with van der Waals surface area (Å²) >= 11 is 1.32. The van der Waals surface area contributed by atoms with E-state index in [0.717, 1.165) is 31.2 Å². The average molecular weight is 620 g/mol. The Morgan fingerprint density at radius 3 is 2.41 bits per heavy atom. The molecule has 0 saturated heterocycles. The normalized spacial score (nSPS) is 15.7. The molecule has 0 radical (unpaired) electrons. The quantitative estimate of drug-likeness (QED) is 0.252. The lowest BCUT2D eigenvalue weighted by molar-refractivity contribution is -0.137. The topological polar surface area (TPSA) is 117 Å². The Balaban J connectivity index is 0.00000588. The van der Waals surface area contributed by atoms with Crippen molar-refractivity contribution in [3.8, 4) is 0 Å². The first kappa shape index (κ1) is 34.6. The molecule has 1 saturated carbocycles. The van der Waals surface area contributed by atoms with Gasteiger partial charge in [-0.05, 0) is 57.5 Å². The predicted octanol–water partition coefficient (Wildman–Crippen LogP) is 5.01. The lowest BCUT2D eigenvalue weighted by atomic mass is 9.80. The molecular weight excluding hydrogens is 583 g/mol. The van der Waals surface area contributed by atoms with Gasteiger partial charge in [0.2, 0.25) is 11.7 Å². The number of halogens is 4. The van der Waals surface area contributed by atoms with Crippen molar-refractivity contribution in [1.82, 2.24) is 25.7 Å². The number of alkyl halides is 3. The second kappa shape index (κ2) is 15.0. The molecule has 14 heteroatoms. The molecule has 1 heterocycles. The third-order valence-corrected chi connectivity index (χ3v) is 7.46. The van der Waals surface area contributed by atoms with Crippen LogP contribution in [0.5, 0.6) is 0 Å². The number of carbonyl (C=O) groups excluding carboxylic acids is 3. The summed E-state index contributed by atoms with van der Waals surface area (Å²) in [6.45, 7) is 4.57. The van der Waals surface area contributed by atoms with Crippen LogP contribution in [0.15, 0.2) is 33.9 Å². The standard InChI is InChI=1S/C27H36F3N5O4S.ClH/c1-17(2)15-20(21(36)23-33-34-25(39-23)40-14-13-35(3)4)31-24(38)26(11-6-5-7-12-26)32-22(37)18-9-8-10-19(16-18)27(28,29)30;/h8-10,16-17,20H,5-7,11-15H2,1-4H3,(H,31,38)(H,32,37);1H. The highest BCUT2D eigenvalue weighted by molar-refractivity contribution is 7.99. The highest BCUT2D eigenvalue weighted by Gasteiger charge is 2.43. The van der Waals surface area contributed by atoms with E-state index in [1.807, 2.05) is 32.8 Å². The SMILES string of the molecule is CC(C)CC(NC(=O)C1(NC(=O)c2cccc(C(F)(F)F)c2)CCCCC1)C(=O)c1nnc(SCCN(C)C)o1.Cl. The zero-order valence-electron chi connectivity index (χ0n) is 23.5. The molecule has 9 nitrogen and oxygen atoms in total. The highest BCUT2D eigenvalue weighted by atomic mass is 35.5. The Morgan fingerprint density at radius 1 is 1.12 bits per heavy atom. The van der Waals surface area contributed by atoms with Gasteiger partial charge < -0.3 is 20.0 Å². The van der Waals surface area contributed by atoms with Gasteiger partial charge in [0.25, 0.3) is 17.0 Å². The summed E-state index contributed by atoms with van der Waals surface area (Å²) in [5, 5.41) is 13.6. The van der Waals surface area contributed by atoms with E-state index in [4.69, 9.17) is 4.42 Å². The maximum absolute atomic E-state index is 13.7. The molecule has 3 rings (SSSR count). The summed E-state index contributed by atoms with van der Waals surface area (Å²) in [5.41, 5.74) is -2.53. The van der Waals surface area contributed by atoms with Gasteiger partial charge in [-0.2, -0.15) is 13.2 Å². The molecule has 0 bridgehead atoms. The lowest BCUT2D eigenvalue weighted by Gasteiger charge is -2.37. The van der Waals surface area contributed by atoms with Crippen molar-refractivity contribution in [2.75, 3.05) is 26.4 Å². The van der Waals surface area contributed by atoms with E-state index in [0.29, 0.717) is 31.4 Å². The van der Waals surface area contributed by atoms with Crippen molar-refractivity contribution in [1.29, 1.82) is 0 Å². The van der Waals surface area contributed by atoms with Crippen LogP contribution in [0.2, 0.25) is 0 Å². The van der Waals surface area contributed by atoms with E-state index in [2.05, 4.69) is 20.8 Å². The monoisotopic (exact) mass is 619 g/mol. The Hall–Kier alpha value is -2.64. The van der Waals surface area contributed by atoms with E-state index < -0.39 is 40.9 Å². The van der Waals surface area contributed by atoms with Gasteiger partial charge in [0.05, 0.1) is 11.6 Å². The Bertz CT molecular complexity index is 1190. The number of thioether (sulfide) groups is 1. The third kappa shape index (κ3) is 9.71. The van der Waals surface area contributed by atoms with Crippen molar-refractivity contribution in [2.24, 2.45) is 5.92 Å². The number of benzene rings is 1. The van der Waals surface area contributed by atoms with Crippen molar-refractivity contribution in [2.45, 2.75) is 75.4 Å². The van der Waals surface area contributed by atoms with Crippen molar-refractivity contribution in [3.63, 3.8) is 0 Å². The Labute approximate surface area is 248 Å². The molecule has 2 aromatic rings. The van der Waals surface area contributed by atoms with E-state index in [1.165, 1.54) is 17.8 Å². The number of hydrogen-bond acceptors (Lipinski definition) is 8. The summed E-state index contributed by atoms with van der Waals surface area (Å²) < 4.78 is 45.2. The molecule has 0 aliphatic heterocycles. The number of rotatable bonds is 12. The minimum Gasteiger partial charge on any atom is -0.408 e. The van der Waals surface area contributed by atoms with Crippen LogP contribution in [0.3, 0.4) is 0 Å². The molecule has 1 aromatic carbocycles. The van der Waals surface area contributed by atoms with E-state index in [1.54, 1.807) is 0 Å². The number of Topliss-reactive ketones (excluding diaryl/α,β-unsaturated/α-hetero) is 1. The first-order chi connectivity index (χ1) is 18.8. The summed E-state index contributed by atoms with van der Waals surface area (Å²) in [4.78, 5) is 42.2. The third-order valence-electron chi connectivity index (χ3n) is 6.66. The van der Waals surface area contributed by atoms with Crippen LogP contribution < -0.4 is 10.6 Å². The number of hydrogen-bond donors (Lipinski definition) is 2. The van der Waals surface area contributed by atoms with Crippen LogP contribution in [-0.4, -0.2) is 70.7 Å². The maximum Gasteiger partial charge on any atom is 0.416 e. The molecule has 1 aliphatic rings. The van der Waals surface area contributed by atoms with Crippen molar-refractivity contribution >= 4 is 41.8 Å². The Morgan fingerprint density at radius 2 is 1.80 bits per heavy atom. The molecule has 1 atom stereocenters. The first-order valence-corrected chi connectivity index (χ1v) is 14.3. The van der Waals surface area contributed by atoms with E-state index >= 15 is 0 Å². The molecular formula is C27H37ClF3N5O4S. The number of aromatic nitrogens is 2. The molecule has 41 heavy (non-hydrogen) atoms. The second-order valence-corrected chi connectivity index (χ2v) is 11.8. The number of amides is 2. The zero-order valence-corrected chi connectivity index (χ0v) is 25.2. The summed E-state index contributed by atoms with van der Waals surface area (Å²) in [6, 6.07) is 3.08. The number of nitrogens with one attached hydrogen (secondary N) is 2.